The minimum Gasteiger partial charge on any atom is -0.447 e. The van der Waals surface area contributed by atoms with Gasteiger partial charge in [0.1, 0.15) is 12.2 Å². The van der Waals surface area contributed by atoms with Crippen LogP contribution in [0.3, 0.4) is 0 Å². The van der Waals surface area contributed by atoms with Crippen LogP contribution in [0.4, 0.5) is 8.78 Å². The van der Waals surface area contributed by atoms with E-state index in [4.69, 9.17) is 14.7 Å². The number of aliphatic hydroxyl groups excluding tert-OH is 1. The Hall–Kier alpha value is -2.60. The minimum absolute atomic E-state index is 0.0186. The van der Waals surface area contributed by atoms with E-state index >= 15 is 8.78 Å². The average molecular weight is 546 g/mol. The van der Waals surface area contributed by atoms with E-state index in [1.54, 1.807) is 19.9 Å². The van der Waals surface area contributed by atoms with Gasteiger partial charge >= 0.3 is 11.9 Å². The molecule has 4 fully saturated rings. The van der Waals surface area contributed by atoms with E-state index in [1.165, 1.54) is 19.1 Å². The standard InChI is InChI=1S/C30H37F2NO6/c1-17-12-20-21-15-23(31)22-14-19(34)8-9-27(22,2)29(21,32)24(35)16-28(20,3)30(17,26(37)38-11-10-33)39-25(36)13-18-6-4-5-7-18/h8-9,14,17-18,20-21,23-24,35H,4-7,11-13,15-16H2,1-3H3/t17-,20+,21+,23+,24+,27+,28+,29+,30+/m1/s1. The van der Waals surface area contributed by atoms with Gasteiger partial charge in [-0.05, 0) is 68.6 Å². The van der Waals surface area contributed by atoms with Crippen molar-refractivity contribution in [1.29, 1.82) is 5.26 Å². The lowest BCUT2D eigenvalue weighted by atomic mass is 9.44. The number of fused-ring (bicyclic) bond motifs is 5. The van der Waals surface area contributed by atoms with Gasteiger partial charge in [0.15, 0.2) is 18.1 Å². The maximum Gasteiger partial charge on any atom is 0.352 e. The summed E-state index contributed by atoms with van der Waals surface area (Å²) >= 11 is 0. The van der Waals surface area contributed by atoms with E-state index in [-0.39, 0.29) is 37.2 Å². The summed E-state index contributed by atoms with van der Waals surface area (Å²) < 4.78 is 44.6. The lowest BCUT2D eigenvalue weighted by Gasteiger charge is -2.63. The highest BCUT2D eigenvalue weighted by Crippen LogP contribution is 2.71. The molecule has 0 radical (unpaired) electrons. The highest BCUT2D eigenvalue weighted by molar-refractivity contribution is 6.01. The molecule has 4 saturated carbocycles. The number of hydrogen-bond acceptors (Lipinski definition) is 7. The fourth-order valence-electron chi connectivity index (χ4n) is 9.09. The Labute approximate surface area is 227 Å². The maximum absolute atomic E-state index is 17.5. The first-order valence-corrected chi connectivity index (χ1v) is 14.1. The first kappa shape index (κ1) is 27.9. The fourth-order valence-corrected chi connectivity index (χ4v) is 9.09. The molecule has 1 N–H and O–H groups in total. The number of alkyl halides is 2. The number of halogens is 2. The normalized spacial score (nSPS) is 45.0. The largest absolute Gasteiger partial charge is 0.447 e. The van der Waals surface area contributed by atoms with Gasteiger partial charge in [-0.25, -0.2) is 13.6 Å². The molecule has 0 aliphatic heterocycles. The quantitative estimate of drug-likeness (QED) is 0.507. The van der Waals surface area contributed by atoms with Crippen molar-refractivity contribution in [2.24, 2.45) is 34.5 Å². The SMILES string of the molecule is C[C@@H]1C[C@H]2[C@@H]3C[C@H](F)C4=CC(=O)C=C[C@]4(C)[C@@]3(F)[C@@H](O)C[C@]2(C)[C@@]1(OC(=O)CC1CCCC1)C(=O)OCC#N. The van der Waals surface area contributed by atoms with E-state index in [2.05, 4.69) is 0 Å². The van der Waals surface area contributed by atoms with Crippen LogP contribution in [0, 0.1) is 45.8 Å². The highest BCUT2D eigenvalue weighted by atomic mass is 19.1. The number of rotatable bonds is 5. The Kier molecular flexibility index (Phi) is 6.81. The van der Waals surface area contributed by atoms with Crippen molar-refractivity contribution in [2.75, 3.05) is 6.61 Å². The molecule has 0 amide bonds. The van der Waals surface area contributed by atoms with Crippen LogP contribution in [0.25, 0.3) is 0 Å². The van der Waals surface area contributed by atoms with E-state index in [0.29, 0.717) is 0 Å². The van der Waals surface area contributed by atoms with Gasteiger partial charge in [-0.1, -0.05) is 32.8 Å². The summed E-state index contributed by atoms with van der Waals surface area (Å²) in [6.45, 7) is 4.39. The van der Waals surface area contributed by atoms with Crippen LogP contribution in [-0.4, -0.2) is 53.0 Å². The van der Waals surface area contributed by atoms with Crippen LogP contribution in [0.2, 0.25) is 0 Å². The molecular weight excluding hydrogens is 508 g/mol. The molecule has 0 aromatic carbocycles. The summed E-state index contributed by atoms with van der Waals surface area (Å²) in [6.07, 6.45) is 4.14. The Balaban J connectivity index is 1.57. The molecule has 9 heteroatoms. The molecule has 0 aromatic rings. The highest BCUT2D eigenvalue weighted by Gasteiger charge is 2.78. The number of carbonyl (C=O) groups is 3. The van der Waals surface area contributed by atoms with Gasteiger partial charge in [-0.15, -0.1) is 0 Å². The van der Waals surface area contributed by atoms with Crippen LogP contribution in [0.1, 0.15) is 72.1 Å². The molecule has 0 saturated heterocycles. The monoisotopic (exact) mass is 545 g/mol. The predicted molar refractivity (Wildman–Crippen MR) is 135 cm³/mol. The summed E-state index contributed by atoms with van der Waals surface area (Å²) in [7, 11) is 0. The Morgan fingerprint density at radius 3 is 2.56 bits per heavy atom. The van der Waals surface area contributed by atoms with Gasteiger partial charge in [-0.3, -0.25) is 9.59 Å². The van der Waals surface area contributed by atoms with Crippen LogP contribution < -0.4 is 0 Å². The van der Waals surface area contributed by atoms with Crippen LogP contribution >= 0.6 is 0 Å². The van der Waals surface area contributed by atoms with Gasteiger partial charge in [0.05, 0.1) is 6.10 Å². The number of carbonyl (C=O) groups excluding carboxylic acids is 3. The Morgan fingerprint density at radius 1 is 1.21 bits per heavy atom. The number of nitriles is 1. The summed E-state index contributed by atoms with van der Waals surface area (Å²) in [6, 6.07) is 1.77. The van der Waals surface area contributed by atoms with Crippen molar-refractivity contribution < 1.29 is 37.7 Å². The smallest absolute Gasteiger partial charge is 0.352 e. The Bertz CT molecular complexity index is 1170. The molecule has 0 spiro atoms. The first-order chi connectivity index (χ1) is 18.3. The third kappa shape index (κ3) is 3.77. The van der Waals surface area contributed by atoms with Gasteiger partial charge in [0.25, 0.3) is 0 Å². The third-order valence-corrected chi connectivity index (χ3v) is 10.9. The summed E-state index contributed by atoms with van der Waals surface area (Å²) in [5.41, 5.74) is -7.00. The molecule has 5 aliphatic rings. The van der Waals surface area contributed by atoms with E-state index < -0.39 is 76.5 Å². The molecule has 0 aromatic heterocycles. The number of nitrogens with zero attached hydrogens (tertiary/aromatic N) is 1. The lowest BCUT2D eigenvalue weighted by molar-refractivity contribution is -0.239. The number of esters is 2. The van der Waals surface area contributed by atoms with Crippen molar-refractivity contribution >= 4 is 17.7 Å². The van der Waals surface area contributed by atoms with Gasteiger partial charge in [0, 0.05) is 29.1 Å². The van der Waals surface area contributed by atoms with Crippen molar-refractivity contribution in [3.63, 3.8) is 0 Å². The second-order valence-electron chi connectivity index (χ2n) is 12.8. The van der Waals surface area contributed by atoms with Crippen LogP contribution in [0.15, 0.2) is 23.8 Å². The molecule has 39 heavy (non-hydrogen) atoms. The molecule has 9 atom stereocenters. The molecule has 5 rings (SSSR count). The number of ether oxygens (including phenoxy) is 2. The zero-order chi connectivity index (χ0) is 28.4. The second kappa shape index (κ2) is 9.50. The van der Waals surface area contributed by atoms with E-state index in [0.717, 1.165) is 31.8 Å². The summed E-state index contributed by atoms with van der Waals surface area (Å²) in [5, 5.41) is 20.7. The number of ketones is 1. The first-order valence-electron chi connectivity index (χ1n) is 14.1. The number of allylic oxidation sites excluding steroid dienone is 4. The van der Waals surface area contributed by atoms with Crippen LogP contribution in [0.5, 0.6) is 0 Å². The summed E-state index contributed by atoms with van der Waals surface area (Å²) in [5.74, 6) is -4.02. The lowest BCUT2D eigenvalue weighted by Crippen LogP contribution is -2.71. The second-order valence-corrected chi connectivity index (χ2v) is 12.8. The molecule has 0 bridgehead atoms. The topological polar surface area (TPSA) is 114 Å². The molecule has 212 valence electrons. The molecule has 5 aliphatic carbocycles. The minimum atomic E-state index is -2.32. The predicted octanol–water partition coefficient (Wildman–Crippen LogP) is 4.48. The van der Waals surface area contributed by atoms with Gasteiger partial charge < -0.3 is 14.6 Å². The fraction of sp³-hybridized carbons (Fsp3) is 0.733. The molecule has 7 nitrogen and oxygen atoms in total. The van der Waals surface area contributed by atoms with E-state index in [1.807, 2.05) is 0 Å². The zero-order valence-corrected chi connectivity index (χ0v) is 22.8. The van der Waals surface area contributed by atoms with E-state index in [9.17, 15) is 19.5 Å². The average Bonchev–Trinajstić information content (AvgIpc) is 3.46. The van der Waals surface area contributed by atoms with Crippen molar-refractivity contribution in [3.05, 3.63) is 23.8 Å². The third-order valence-electron chi connectivity index (χ3n) is 10.9. The number of aliphatic hydroxyl groups is 1. The molecular formula is C30H37F2NO6. The maximum atomic E-state index is 17.5. The molecule has 0 heterocycles. The van der Waals surface area contributed by atoms with Crippen molar-refractivity contribution in [3.8, 4) is 6.07 Å². The number of hydrogen-bond donors (Lipinski definition) is 1. The van der Waals surface area contributed by atoms with Crippen molar-refractivity contribution in [1.82, 2.24) is 0 Å². The van der Waals surface area contributed by atoms with Crippen LogP contribution in [-0.2, 0) is 23.9 Å². The van der Waals surface area contributed by atoms with Gasteiger partial charge in [-0.2, -0.15) is 5.26 Å². The van der Waals surface area contributed by atoms with Gasteiger partial charge in [0.2, 0.25) is 5.60 Å². The van der Waals surface area contributed by atoms with Crippen molar-refractivity contribution in [2.45, 2.75) is 95.7 Å². The Morgan fingerprint density at radius 2 is 1.90 bits per heavy atom. The summed E-state index contributed by atoms with van der Waals surface area (Å²) in [4.78, 5) is 39.1. The molecule has 0 unspecified atom stereocenters. The zero-order valence-electron chi connectivity index (χ0n) is 22.8.